The molecule has 9 heteroatoms. The van der Waals surface area contributed by atoms with E-state index >= 15 is 0 Å². The molecule has 3 aromatic heterocycles. The van der Waals surface area contributed by atoms with Gasteiger partial charge in [0.25, 0.3) is 5.91 Å². The molecule has 0 unspecified atom stereocenters. The van der Waals surface area contributed by atoms with Crippen molar-refractivity contribution < 1.29 is 4.79 Å². The Kier molecular flexibility index (Phi) is 4.86. The van der Waals surface area contributed by atoms with Crippen LogP contribution < -0.4 is 5.32 Å². The van der Waals surface area contributed by atoms with Crippen molar-refractivity contribution in [3.8, 4) is 0 Å². The Balaban J connectivity index is 1.56. The van der Waals surface area contributed by atoms with Gasteiger partial charge in [0.1, 0.15) is 0 Å². The highest BCUT2D eigenvalue weighted by Crippen LogP contribution is 2.18. The molecule has 126 valence electrons. The number of halogens is 2. The van der Waals surface area contributed by atoms with Gasteiger partial charge in [0.2, 0.25) is 0 Å². The summed E-state index contributed by atoms with van der Waals surface area (Å²) in [6.45, 7) is 5.03. The first-order chi connectivity index (χ1) is 11.5. The summed E-state index contributed by atoms with van der Waals surface area (Å²) in [5, 5.41) is 12.1. The van der Waals surface area contributed by atoms with E-state index in [4.69, 9.17) is 11.6 Å². The number of hydrogen-bond donors (Lipinski definition) is 1. The van der Waals surface area contributed by atoms with Crippen molar-refractivity contribution in [3.63, 3.8) is 0 Å². The summed E-state index contributed by atoms with van der Waals surface area (Å²) in [6.07, 6.45) is 4.17. The van der Waals surface area contributed by atoms with E-state index in [0.717, 1.165) is 22.3 Å². The predicted molar refractivity (Wildman–Crippen MR) is 94.3 cm³/mol. The van der Waals surface area contributed by atoms with Gasteiger partial charge in [0.05, 0.1) is 20.9 Å². The van der Waals surface area contributed by atoms with E-state index < -0.39 is 0 Å². The van der Waals surface area contributed by atoms with Crippen LogP contribution >= 0.6 is 27.5 Å². The van der Waals surface area contributed by atoms with Crippen LogP contribution in [0.25, 0.3) is 5.65 Å². The molecule has 24 heavy (non-hydrogen) atoms. The normalized spacial score (nSPS) is 11.2. The first-order valence-electron chi connectivity index (χ1n) is 7.44. The van der Waals surface area contributed by atoms with E-state index in [1.54, 1.807) is 23.0 Å². The molecule has 3 rings (SSSR count). The van der Waals surface area contributed by atoms with Crippen LogP contribution in [-0.2, 0) is 6.54 Å². The minimum Gasteiger partial charge on any atom is -0.351 e. The van der Waals surface area contributed by atoms with Gasteiger partial charge in [0.15, 0.2) is 11.3 Å². The van der Waals surface area contributed by atoms with Crippen LogP contribution in [0.5, 0.6) is 0 Å². The Morgan fingerprint density at radius 1 is 1.38 bits per heavy atom. The monoisotopic (exact) mass is 410 g/mol. The molecule has 0 atom stereocenters. The molecule has 3 aromatic rings. The summed E-state index contributed by atoms with van der Waals surface area (Å²) < 4.78 is 4.22. The Labute approximate surface area is 152 Å². The average molecular weight is 412 g/mol. The molecule has 0 saturated carbocycles. The molecule has 0 saturated heterocycles. The lowest BCUT2D eigenvalue weighted by molar-refractivity contribution is 0.0947. The van der Waals surface area contributed by atoms with Crippen LogP contribution in [0.2, 0.25) is 5.02 Å². The summed E-state index contributed by atoms with van der Waals surface area (Å²) >= 11 is 9.44. The minimum atomic E-state index is -0.219. The van der Waals surface area contributed by atoms with Gasteiger partial charge in [-0.2, -0.15) is 10.2 Å². The number of aromatic nitrogens is 5. The van der Waals surface area contributed by atoms with E-state index in [2.05, 4.69) is 36.4 Å². The molecule has 0 bridgehead atoms. The average Bonchev–Trinajstić information content (AvgIpc) is 3.08. The van der Waals surface area contributed by atoms with Gasteiger partial charge < -0.3 is 5.32 Å². The fourth-order valence-corrected chi connectivity index (χ4v) is 2.81. The molecule has 0 aliphatic heterocycles. The molecule has 1 N–H and O–H groups in total. The Morgan fingerprint density at radius 2 is 2.17 bits per heavy atom. The second kappa shape index (κ2) is 6.90. The van der Waals surface area contributed by atoms with Crippen LogP contribution in [0, 0.1) is 13.8 Å². The van der Waals surface area contributed by atoms with Crippen molar-refractivity contribution in [2.75, 3.05) is 6.54 Å². The lowest BCUT2D eigenvalue weighted by Gasteiger charge is -2.05. The zero-order valence-electron chi connectivity index (χ0n) is 13.3. The molecular formula is C15H16BrClN6O. The van der Waals surface area contributed by atoms with Gasteiger partial charge in [-0.1, -0.05) is 11.6 Å². The number of nitrogens with one attached hydrogen (secondary N) is 1. The SMILES string of the molecule is Cc1nn(CCCNC(=O)c2cc3ncc(Br)cn3n2)c(C)c1Cl. The van der Waals surface area contributed by atoms with E-state index in [1.165, 1.54) is 0 Å². The second-order valence-electron chi connectivity index (χ2n) is 5.42. The Morgan fingerprint density at radius 3 is 2.88 bits per heavy atom. The maximum absolute atomic E-state index is 12.2. The number of carbonyl (C=O) groups is 1. The molecule has 0 radical (unpaired) electrons. The van der Waals surface area contributed by atoms with Crippen LogP contribution in [-0.4, -0.2) is 36.8 Å². The zero-order chi connectivity index (χ0) is 17.3. The van der Waals surface area contributed by atoms with Gasteiger partial charge in [-0.25, -0.2) is 9.50 Å². The maximum atomic E-state index is 12.2. The Bertz CT molecular complexity index is 903. The highest BCUT2D eigenvalue weighted by Gasteiger charge is 2.12. The quantitative estimate of drug-likeness (QED) is 0.655. The van der Waals surface area contributed by atoms with Gasteiger partial charge in [-0.3, -0.25) is 9.48 Å². The summed E-state index contributed by atoms with van der Waals surface area (Å²) in [5.41, 5.74) is 2.73. The van der Waals surface area contributed by atoms with Gasteiger partial charge in [-0.15, -0.1) is 0 Å². The van der Waals surface area contributed by atoms with Crippen LogP contribution in [0.3, 0.4) is 0 Å². The van der Waals surface area contributed by atoms with Crippen LogP contribution in [0.4, 0.5) is 0 Å². The molecule has 0 spiro atoms. The molecule has 3 heterocycles. The fourth-order valence-electron chi connectivity index (χ4n) is 2.38. The third-order valence-electron chi connectivity index (χ3n) is 3.64. The molecule has 0 aromatic carbocycles. The fraction of sp³-hybridized carbons (Fsp3) is 0.333. The summed E-state index contributed by atoms with van der Waals surface area (Å²) in [4.78, 5) is 16.4. The van der Waals surface area contributed by atoms with Crippen molar-refractivity contribution >= 4 is 39.1 Å². The second-order valence-corrected chi connectivity index (χ2v) is 6.72. The van der Waals surface area contributed by atoms with E-state index in [0.29, 0.717) is 29.5 Å². The lowest BCUT2D eigenvalue weighted by Crippen LogP contribution is -2.25. The van der Waals surface area contributed by atoms with Gasteiger partial charge in [-0.05, 0) is 36.2 Å². The number of rotatable bonds is 5. The van der Waals surface area contributed by atoms with E-state index in [1.807, 2.05) is 18.5 Å². The van der Waals surface area contributed by atoms with Crippen molar-refractivity contribution in [1.29, 1.82) is 0 Å². The number of amides is 1. The third-order valence-corrected chi connectivity index (χ3v) is 4.60. The molecule has 0 aliphatic carbocycles. The largest absolute Gasteiger partial charge is 0.351 e. The highest BCUT2D eigenvalue weighted by atomic mass is 79.9. The molecule has 0 aliphatic rings. The number of hydrogen-bond acceptors (Lipinski definition) is 4. The lowest BCUT2D eigenvalue weighted by atomic mass is 10.3. The predicted octanol–water partition coefficient (Wildman–Crippen LogP) is 2.78. The first-order valence-corrected chi connectivity index (χ1v) is 8.61. The van der Waals surface area contributed by atoms with Crippen molar-refractivity contribution in [2.45, 2.75) is 26.8 Å². The van der Waals surface area contributed by atoms with Crippen LogP contribution in [0.15, 0.2) is 22.9 Å². The van der Waals surface area contributed by atoms with E-state index in [9.17, 15) is 4.79 Å². The minimum absolute atomic E-state index is 0.219. The molecule has 7 nitrogen and oxygen atoms in total. The first kappa shape index (κ1) is 16.9. The molecule has 1 amide bonds. The topological polar surface area (TPSA) is 77.1 Å². The summed E-state index contributed by atoms with van der Waals surface area (Å²) in [7, 11) is 0. The van der Waals surface area contributed by atoms with Crippen LogP contribution in [0.1, 0.15) is 28.3 Å². The molecule has 0 fully saturated rings. The zero-order valence-corrected chi connectivity index (χ0v) is 15.6. The Hall–Kier alpha value is -1.93. The number of aryl methyl sites for hydroxylation is 2. The van der Waals surface area contributed by atoms with Crippen molar-refractivity contribution in [1.82, 2.24) is 29.7 Å². The third kappa shape index (κ3) is 3.44. The van der Waals surface area contributed by atoms with Crippen molar-refractivity contribution in [2.24, 2.45) is 0 Å². The van der Waals surface area contributed by atoms with Gasteiger partial charge >= 0.3 is 0 Å². The smallest absolute Gasteiger partial charge is 0.271 e. The standard InChI is InChI=1S/C15H16BrClN6O/c1-9-14(17)10(2)22(20-9)5-3-4-18-15(24)12-6-13-19-7-11(16)8-23(13)21-12/h6-8H,3-5H2,1-2H3,(H,18,24). The number of nitrogens with zero attached hydrogens (tertiary/aromatic N) is 5. The van der Waals surface area contributed by atoms with E-state index in [-0.39, 0.29) is 5.91 Å². The van der Waals surface area contributed by atoms with Crippen molar-refractivity contribution in [3.05, 3.63) is 45.0 Å². The maximum Gasteiger partial charge on any atom is 0.271 e. The molecular weight excluding hydrogens is 396 g/mol. The highest BCUT2D eigenvalue weighted by molar-refractivity contribution is 9.10. The summed E-state index contributed by atoms with van der Waals surface area (Å²) in [6, 6.07) is 1.66. The number of fused-ring (bicyclic) bond motifs is 1. The summed E-state index contributed by atoms with van der Waals surface area (Å²) in [5.74, 6) is -0.219. The van der Waals surface area contributed by atoms with Gasteiger partial charge in [0, 0.05) is 31.5 Å². The number of carbonyl (C=O) groups excluding carboxylic acids is 1.